The molecule has 680 valence electrons. The maximum Gasteiger partial charge on any atom is 0.164 e. The normalized spacial score (nSPS) is 13.1. The van der Waals surface area contributed by atoms with Crippen molar-refractivity contribution in [3.63, 3.8) is 0 Å². The Bertz CT molecular complexity index is 9300. The average Bonchev–Trinajstić information content (AvgIpc) is 1.50. The third-order valence-corrected chi connectivity index (χ3v) is 30.3. The third-order valence-electron chi connectivity index (χ3n) is 30.3. The lowest BCUT2D eigenvalue weighted by Crippen LogP contribution is -2.26. The molecule has 0 saturated carbocycles. The fourth-order valence-electron chi connectivity index (χ4n) is 23.6. The van der Waals surface area contributed by atoms with Gasteiger partial charge in [0.2, 0.25) is 0 Å². The first kappa shape index (κ1) is 85.6. The first-order chi connectivity index (χ1) is 71.4. The minimum atomic E-state index is -0.425. The number of aromatic nitrogens is 9. The summed E-state index contributed by atoms with van der Waals surface area (Å²) < 4.78 is 0. The summed E-state index contributed by atoms with van der Waals surface area (Å²) in [5.74, 6) is 5.96. The maximum atomic E-state index is 5.20. The van der Waals surface area contributed by atoms with Crippen LogP contribution in [-0.2, 0) is 16.2 Å². The first-order valence-corrected chi connectivity index (χ1v) is 49.7. The van der Waals surface area contributed by atoms with Gasteiger partial charge < -0.3 is 0 Å². The number of hydrogen-bond acceptors (Lipinski definition) is 9. The van der Waals surface area contributed by atoms with Crippen molar-refractivity contribution in [2.75, 3.05) is 0 Å². The second kappa shape index (κ2) is 34.4. The van der Waals surface area contributed by atoms with Gasteiger partial charge in [-0.1, -0.05) is 489 Å². The molecule has 0 radical (unpaired) electrons. The van der Waals surface area contributed by atoms with Gasteiger partial charge in [-0.05, 0) is 194 Å². The highest BCUT2D eigenvalue weighted by atomic mass is 15.1. The van der Waals surface area contributed by atoms with Gasteiger partial charge in [0.25, 0.3) is 0 Å². The summed E-state index contributed by atoms with van der Waals surface area (Å²) in [5, 5.41) is 14.2. The van der Waals surface area contributed by atoms with E-state index in [0.717, 1.165) is 93.5 Å². The van der Waals surface area contributed by atoms with Crippen LogP contribution in [0.3, 0.4) is 0 Å². The van der Waals surface area contributed by atoms with Crippen molar-refractivity contribution < 1.29 is 0 Å². The molecule has 0 amide bonds. The molecule has 0 fully saturated rings. The van der Waals surface area contributed by atoms with Crippen LogP contribution in [0.1, 0.15) is 72.2 Å². The van der Waals surface area contributed by atoms with Crippen molar-refractivity contribution in [1.82, 2.24) is 44.9 Å². The molecule has 0 atom stereocenters. The summed E-state index contributed by atoms with van der Waals surface area (Å²) >= 11 is 0. The molecule has 9 nitrogen and oxygen atoms in total. The minimum Gasteiger partial charge on any atom is -0.208 e. The summed E-state index contributed by atoms with van der Waals surface area (Å²) in [6.07, 6.45) is 0. The maximum absolute atomic E-state index is 5.20. The molecule has 0 N–H and O–H groups in total. The minimum absolute atomic E-state index is 0.115. The number of benzene rings is 22. The fraction of sp³-hybridized carbons (Fsp3) is 0.0515. The van der Waals surface area contributed by atoms with Crippen LogP contribution >= 0.6 is 0 Å². The van der Waals surface area contributed by atoms with Gasteiger partial charge in [0.15, 0.2) is 52.4 Å². The molecule has 3 aromatic heterocycles. The Morgan fingerprint density at radius 1 is 0.138 bits per heavy atom. The van der Waals surface area contributed by atoms with E-state index in [9.17, 15) is 0 Å². The zero-order valence-corrected chi connectivity index (χ0v) is 80.1. The second-order valence-electron chi connectivity index (χ2n) is 39.3. The van der Waals surface area contributed by atoms with Gasteiger partial charge in [-0.15, -0.1) is 0 Å². The van der Waals surface area contributed by atoms with E-state index in [4.69, 9.17) is 44.9 Å². The quantitative estimate of drug-likeness (QED) is 0.125. The average molecular weight is 1850 g/mol. The molecule has 4 aliphatic rings. The van der Waals surface area contributed by atoms with Gasteiger partial charge in [0.05, 0.1) is 5.41 Å². The van der Waals surface area contributed by atoms with Crippen molar-refractivity contribution in [3.8, 4) is 169 Å². The molecule has 29 rings (SSSR count). The van der Waals surface area contributed by atoms with Crippen LogP contribution in [0.2, 0.25) is 0 Å². The zero-order valence-electron chi connectivity index (χ0n) is 80.1. The van der Waals surface area contributed by atoms with Crippen molar-refractivity contribution in [3.05, 3.63) is 524 Å². The highest BCUT2D eigenvalue weighted by molar-refractivity contribution is 6.09. The fourth-order valence-corrected chi connectivity index (χ4v) is 23.6. The van der Waals surface area contributed by atoms with Gasteiger partial charge in [-0.25, -0.2) is 44.9 Å². The Labute approximate surface area is 840 Å². The van der Waals surface area contributed by atoms with E-state index in [1.165, 1.54) is 132 Å². The van der Waals surface area contributed by atoms with E-state index in [2.05, 4.69) is 477 Å². The van der Waals surface area contributed by atoms with E-state index in [0.29, 0.717) is 52.4 Å². The zero-order chi connectivity index (χ0) is 96.6. The monoisotopic (exact) mass is 1850 g/mol. The van der Waals surface area contributed by atoms with Gasteiger partial charge in [0.1, 0.15) is 0 Å². The molecule has 4 aliphatic carbocycles. The van der Waals surface area contributed by atoms with Crippen molar-refractivity contribution in [2.45, 2.75) is 43.9 Å². The van der Waals surface area contributed by atoms with Crippen LogP contribution in [-0.4, -0.2) is 44.9 Å². The summed E-state index contributed by atoms with van der Waals surface area (Å²) in [5.41, 5.74) is 33.9. The highest BCUT2D eigenvalue weighted by Crippen LogP contribution is 2.65. The lowest BCUT2D eigenvalue weighted by atomic mass is 9.69. The number of rotatable bonds is 11. The number of nitrogens with zero attached hydrogens (tertiary/aromatic N) is 9. The van der Waals surface area contributed by atoms with Crippen LogP contribution in [0.25, 0.3) is 234 Å². The predicted molar refractivity (Wildman–Crippen MR) is 596 cm³/mol. The lowest BCUT2D eigenvalue weighted by Gasteiger charge is -2.31. The Hall–Kier alpha value is -18.6. The Balaban J connectivity index is 0.000000110. The Morgan fingerprint density at radius 2 is 0.414 bits per heavy atom. The van der Waals surface area contributed by atoms with Crippen LogP contribution in [0, 0.1) is 0 Å². The summed E-state index contributed by atoms with van der Waals surface area (Å²) in [6.45, 7) is 9.33. The number of hydrogen-bond donors (Lipinski definition) is 0. The van der Waals surface area contributed by atoms with Crippen LogP contribution in [0.15, 0.2) is 479 Å². The standard InChI is InChI=1S/C56H35N3.C42H29N3.C38H27N3/c1-3-13-36(14-4-1)38-23-27-40(28-24-38)53-57-54(41-29-25-39(26-30-41)37-15-5-2-6-16-37)59-55(58-53)43-32-33-44-42(35-43)31-34-48-47-19-9-12-22-51(47)56(52(44)48)49-20-10-7-17-45(49)46-18-8-11-21-50(46)56;1-42(2)37-17-8-7-14-33(37)35-23-22-32-34(38(35)42)15-9-16-36(32)41-44-39(30-20-18-26-10-3-5-12-28(26)24-30)43-40(45-41)31-21-19-27-11-4-6-13-29(27)25-31;1-38(2)32-21-9-8-18-28(32)29-23-22-25-16-11-20-31(33(25)34(29)38)37-40-35(26-13-4-3-5-14-26)39-36(41-37)30-19-10-15-24-12-6-7-17-27(24)30/h1-35H;3-25H,1-2H3;3-23H,1-2H3. The van der Waals surface area contributed by atoms with Gasteiger partial charge in [-0.2, -0.15) is 0 Å². The van der Waals surface area contributed by atoms with E-state index in [1.54, 1.807) is 0 Å². The Morgan fingerprint density at radius 3 is 0.924 bits per heavy atom. The predicted octanol–water partition coefficient (Wildman–Crippen LogP) is 33.8. The largest absolute Gasteiger partial charge is 0.208 e. The van der Waals surface area contributed by atoms with Gasteiger partial charge in [0, 0.05) is 60.9 Å². The SMILES string of the molecule is CC1(C)c2ccccc2-c2ccc3c(-c4nc(-c5ccc6ccccc6c5)nc(-c5ccc6ccccc6c5)n4)cccc3c21.CC1(C)c2ccccc2-c2ccc3cccc(-c4nc(-c5ccccc5)nc(-c5cccc6ccccc56)n4)c3c21.c1ccc(-c2ccc(-c3nc(-c4ccc(-c5ccccc5)cc4)nc(-c4ccc5c6c(ccc5c4)-c4ccccc4C64c5ccccc5-c5ccccc54)n3)cc2)cc1. The summed E-state index contributed by atoms with van der Waals surface area (Å²) in [7, 11) is 0. The molecule has 0 aliphatic heterocycles. The van der Waals surface area contributed by atoms with E-state index >= 15 is 0 Å². The van der Waals surface area contributed by atoms with Crippen molar-refractivity contribution in [2.24, 2.45) is 0 Å². The molecule has 9 heteroatoms. The van der Waals surface area contributed by atoms with Crippen LogP contribution in [0.4, 0.5) is 0 Å². The molecule has 145 heavy (non-hydrogen) atoms. The highest BCUT2D eigenvalue weighted by Gasteiger charge is 2.52. The van der Waals surface area contributed by atoms with Crippen molar-refractivity contribution in [1.29, 1.82) is 0 Å². The molecule has 3 heterocycles. The molecular formula is C136H91N9. The molecule has 0 unspecified atom stereocenters. The Kier molecular flexibility index (Phi) is 20.3. The molecule has 0 saturated heterocycles. The summed E-state index contributed by atoms with van der Waals surface area (Å²) in [6, 6.07) is 170. The molecule has 1 spiro atoms. The molecule has 25 aromatic rings. The number of fused-ring (bicyclic) bond motifs is 25. The second-order valence-corrected chi connectivity index (χ2v) is 39.3. The third kappa shape index (κ3) is 14.3. The van der Waals surface area contributed by atoms with E-state index < -0.39 is 5.41 Å². The smallest absolute Gasteiger partial charge is 0.164 e. The van der Waals surface area contributed by atoms with E-state index in [-0.39, 0.29) is 10.8 Å². The first-order valence-electron chi connectivity index (χ1n) is 49.7. The van der Waals surface area contributed by atoms with Gasteiger partial charge in [-0.3, -0.25) is 0 Å². The lowest BCUT2D eigenvalue weighted by molar-refractivity contribution is 0.666. The molecule has 0 bridgehead atoms. The topological polar surface area (TPSA) is 116 Å². The van der Waals surface area contributed by atoms with Crippen LogP contribution < -0.4 is 0 Å². The van der Waals surface area contributed by atoms with Gasteiger partial charge >= 0.3 is 0 Å². The summed E-state index contributed by atoms with van der Waals surface area (Å²) in [4.78, 5) is 46.3. The molecular weight excluding hydrogens is 1760 g/mol. The van der Waals surface area contributed by atoms with Crippen molar-refractivity contribution >= 4 is 64.6 Å². The van der Waals surface area contributed by atoms with Crippen LogP contribution in [0.5, 0.6) is 0 Å². The molecule has 22 aromatic carbocycles. The van der Waals surface area contributed by atoms with E-state index in [1.807, 2.05) is 30.3 Å².